The molecule has 0 saturated carbocycles. The lowest BCUT2D eigenvalue weighted by atomic mass is 9.75. The van der Waals surface area contributed by atoms with Crippen molar-refractivity contribution in [2.75, 3.05) is 13.1 Å². The molecular weight excluding hydrogens is 234 g/mol. The number of hydrogen-bond acceptors (Lipinski definition) is 2. The molecule has 1 aromatic carbocycles. The van der Waals surface area contributed by atoms with Crippen molar-refractivity contribution in [1.82, 2.24) is 5.32 Å². The van der Waals surface area contributed by atoms with E-state index in [1.807, 2.05) is 24.3 Å². The van der Waals surface area contributed by atoms with Crippen LogP contribution in [0.1, 0.15) is 25.3 Å². The molecule has 0 amide bonds. The lowest BCUT2D eigenvalue weighted by Crippen LogP contribution is -2.40. The first-order valence-corrected chi connectivity index (χ1v) is 6.47. The Morgan fingerprint density at radius 1 is 1.35 bits per heavy atom. The Morgan fingerprint density at radius 2 is 2.00 bits per heavy atom. The molecule has 0 atom stereocenters. The van der Waals surface area contributed by atoms with Crippen molar-refractivity contribution >= 4 is 17.4 Å². The van der Waals surface area contributed by atoms with Gasteiger partial charge in [-0.25, -0.2) is 0 Å². The average Bonchev–Trinajstić information content (AvgIpc) is 2.33. The number of Topliss-reactive ketones (excluding diaryl/α,β-unsaturated/α-hetero) is 1. The first-order valence-electron chi connectivity index (χ1n) is 6.09. The lowest BCUT2D eigenvalue weighted by Gasteiger charge is -2.32. The molecule has 0 bridgehead atoms. The fraction of sp³-hybridized carbons (Fsp3) is 0.500. The van der Waals surface area contributed by atoms with Crippen molar-refractivity contribution in [3.8, 4) is 0 Å². The van der Waals surface area contributed by atoms with Crippen LogP contribution in [0.2, 0.25) is 5.02 Å². The van der Waals surface area contributed by atoms with Crippen LogP contribution >= 0.6 is 11.6 Å². The minimum atomic E-state index is -0.176. The first kappa shape index (κ1) is 12.6. The van der Waals surface area contributed by atoms with Crippen molar-refractivity contribution in [2.45, 2.75) is 26.2 Å². The van der Waals surface area contributed by atoms with Crippen LogP contribution in [0.3, 0.4) is 0 Å². The minimum Gasteiger partial charge on any atom is -0.317 e. The van der Waals surface area contributed by atoms with Crippen molar-refractivity contribution in [2.24, 2.45) is 5.41 Å². The van der Waals surface area contributed by atoms with Crippen molar-refractivity contribution in [1.29, 1.82) is 0 Å². The molecular formula is C14H18ClNO. The average molecular weight is 252 g/mol. The second-order valence-electron chi connectivity index (χ2n) is 5.00. The maximum absolute atomic E-state index is 12.4. The summed E-state index contributed by atoms with van der Waals surface area (Å²) in [5, 5.41) is 3.98. The quantitative estimate of drug-likeness (QED) is 0.895. The summed E-state index contributed by atoms with van der Waals surface area (Å²) in [6.07, 6.45) is 2.31. The topological polar surface area (TPSA) is 29.1 Å². The molecule has 1 saturated heterocycles. The molecule has 0 aliphatic carbocycles. The summed E-state index contributed by atoms with van der Waals surface area (Å²) < 4.78 is 0. The largest absolute Gasteiger partial charge is 0.317 e. The number of halogens is 1. The van der Waals surface area contributed by atoms with Gasteiger partial charge >= 0.3 is 0 Å². The molecule has 2 rings (SSSR count). The summed E-state index contributed by atoms with van der Waals surface area (Å²) in [7, 11) is 0. The zero-order chi connectivity index (χ0) is 12.3. The Bertz CT molecular complexity index is 410. The molecule has 0 radical (unpaired) electrons. The van der Waals surface area contributed by atoms with Gasteiger partial charge in [0.2, 0.25) is 0 Å². The van der Waals surface area contributed by atoms with E-state index in [0.717, 1.165) is 31.5 Å². The molecule has 17 heavy (non-hydrogen) atoms. The van der Waals surface area contributed by atoms with Gasteiger partial charge in [-0.1, -0.05) is 36.7 Å². The number of carbonyl (C=O) groups is 1. The smallest absolute Gasteiger partial charge is 0.143 e. The Hall–Kier alpha value is -0.860. The second-order valence-corrected chi connectivity index (χ2v) is 5.41. The summed E-state index contributed by atoms with van der Waals surface area (Å²) >= 11 is 6.09. The van der Waals surface area contributed by atoms with Gasteiger partial charge < -0.3 is 5.32 Å². The van der Waals surface area contributed by atoms with Crippen molar-refractivity contribution in [3.05, 3.63) is 34.9 Å². The maximum atomic E-state index is 12.4. The number of hydrogen-bond donors (Lipinski definition) is 1. The van der Waals surface area contributed by atoms with Gasteiger partial charge in [-0.05, 0) is 37.6 Å². The summed E-state index contributed by atoms with van der Waals surface area (Å²) in [6.45, 7) is 3.95. The molecule has 1 aromatic rings. The first-order chi connectivity index (χ1) is 8.12. The predicted molar refractivity (Wildman–Crippen MR) is 70.4 cm³/mol. The van der Waals surface area contributed by atoms with Gasteiger partial charge in [-0.15, -0.1) is 0 Å². The van der Waals surface area contributed by atoms with E-state index in [0.29, 0.717) is 17.2 Å². The summed E-state index contributed by atoms with van der Waals surface area (Å²) in [5.41, 5.74) is 0.767. The highest BCUT2D eigenvalue weighted by molar-refractivity contribution is 6.31. The molecule has 0 aromatic heterocycles. The predicted octanol–water partition coefficient (Wildman–Crippen LogP) is 2.84. The van der Waals surface area contributed by atoms with E-state index in [1.54, 1.807) is 0 Å². The van der Waals surface area contributed by atoms with Crippen LogP contribution in [-0.2, 0) is 11.2 Å². The Balaban J connectivity index is 2.08. The minimum absolute atomic E-state index is 0.176. The Morgan fingerprint density at radius 3 is 2.65 bits per heavy atom. The molecule has 92 valence electrons. The van der Waals surface area contributed by atoms with E-state index < -0.39 is 0 Å². The molecule has 3 heteroatoms. The highest BCUT2D eigenvalue weighted by atomic mass is 35.5. The van der Waals surface area contributed by atoms with Crippen LogP contribution in [-0.4, -0.2) is 18.9 Å². The highest BCUT2D eigenvalue weighted by Crippen LogP contribution is 2.31. The number of ketones is 1. The molecule has 1 N–H and O–H groups in total. The van der Waals surface area contributed by atoms with E-state index in [-0.39, 0.29) is 5.41 Å². The third kappa shape index (κ3) is 2.88. The van der Waals surface area contributed by atoms with Gasteiger partial charge in [0, 0.05) is 16.9 Å². The number of piperidine rings is 1. The zero-order valence-electron chi connectivity index (χ0n) is 10.1. The third-order valence-electron chi connectivity index (χ3n) is 3.69. The normalized spacial score (nSPS) is 18.9. The van der Waals surface area contributed by atoms with Gasteiger partial charge in [-0.2, -0.15) is 0 Å². The van der Waals surface area contributed by atoms with E-state index in [2.05, 4.69) is 12.2 Å². The summed E-state index contributed by atoms with van der Waals surface area (Å²) in [6, 6.07) is 7.60. The van der Waals surface area contributed by atoms with Gasteiger partial charge in [0.1, 0.15) is 5.78 Å². The van der Waals surface area contributed by atoms with Gasteiger partial charge in [-0.3, -0.25) is 4.79 Å². The van der Waals surface area contributed by atoms with E-state index >= 15 is 0 Å². The van der Waals surface area contributed by atoms with Crippen molar-refractivity contribution < 1.29 is 4.79 Å². The summed E-state index contributed by atoms with van der Waals surface area (Å²) in [5.74, 6) is 0.312. The molecule has 0 spiro atoms. The van der Waals surface area contributed by atoms with Crippen molar-refractivity contribution in [3.63, 3.8) is 0 Å². The third-order valence-corrected chi connectivity index (χ3v) is 4.06. The maximum Gasteiger partial charge on any atom is 0.143 e. The van der Waals surface area contributed by atoms with Crippen LogP contribution in [0, 0.1) is 5.41 Å². The molecule has 0 unspecified atom stereocenters. The van der Waals surface area contributed by atoms with E-state index in [9.17, 15) is 4.79 Å². The van der Waals surface area contributed by atoms with E-state index in [4.69, 9.17) is 11.6 Å². The Kier molecular flexibility index (Phi) is 3.85. The van der Waals surface area contributed by atoms with Gasteiger partial charge in [0.25, 0.3) is 0 Å². The molecule has 1 aliphatic rings. The molecule has 2 nitrogen and oxygen atoms in total. The van der Waals surface area contributed by atoms with Crippen LogP contribution in [0.25, 0.3) is 0 Å². The number of benzene rings is 1. The van der Waals surface area contributed by atoms with Gasteiger partial charge in [0.05, 0.1) is 0 Å². The van der Waals surface area contributed by atoms with Crippen LogP contribution in [0.15, 0.2) is 24.3 Å². The number of carbonyl (C=O) groups excluding carboxylic acids is 1. The number of nitrogens with one attached hydrogen (secondary N) is 1. The van der Waals surface area contributed by atoms with Gasteiger partial charge in [0.15, 0.2) is 0 Å². The monoisotopic (exact) mass is 251 g/mol. The second kappa shape index (κ2) is 5.19. The van der Waals surface area contributed by atoms with Crippen LogP contribution in [0.5, 0.6) is 0 Å². The van der Waals surface area contributed by atoms with E-state index in [1.165, 1.54) is 0 Å². The fourth-order valence-corrected chi connectivity index (χ4v) is 2.49. The Labute approximate surface area is 107 Å². The molecule has 1 fully saturated rings. The summed E-state index contributed by atoms with van der Waals surface area (Å²) in [4.78, 5) is 12.4. The van der Waals surface area contributed by atoms with Crippen LogP contribution in [0.4, 0.5) is 0 Å². The van der Waals surface area contributed by atoms with Crippen LogP contribution < -0.4 is 5.32 Å². The SMILES string of the molecule is CC1(C(=O)Cc2ccccc2Cl)CCNCC1. The zero-order valence-corrected chi connectivity index (χ0v) is 10.9. The number of rotatable bonds is 3. The molecule has 1 heterocycles. The highest BCUT2D eigenvalue weighted by Gasteiger charge is 2.34. The molecule has 1 aliphatic heterocycles. The lowest BCUT2D eigenvalue weighted by molar-refractivity contribution is -0.128. The standard InChI is InChI=1S/C14H18ClNO/c1-14(6-8-16-9-7-14)13(17)10-11-4-2-3-5-12(11)15/h2-5,16H,6-10H2,1H3. The fourth-order valence-electron chi connectivity index (χ4n) is 2.29.